The molecule has 6 nitrogen and oxygen atoms in total. The van der Waals surface area contributed by atoms with E-state index in [-0.39, 0.29) is 16.5 Å². The van der Waals surface area contributed by atoms with Gasteiger partial charge in [-0.25, -0.2) is 0 Å². The molecule has 0 unspecified atom stereocenters. The molecule has 4 N–H and O–H groups in total. The highest BCUT2D eigenvalue weighted by Crippen LogP contribution is 2.29. The minimum Gasteiger partial charge on any atom is -0.412 e. The van der Waals surface area contributed by atoms with Crippen LogP contribution < -0.4 is 0 Å². The summed E-state index contributed by atoms with van der Waals surface area (Å²) in [6.07, 6.45) is 6.38. The Labute approximate surface area is 158 Å². The van der Waals surface area contributed by atoms with Crippen molar-refractivity contribution in [3.8, 4) is 0 Å². The molecule has 1 aromatic carbocycles. The molecule has 7 heteroatoms. The van der Waals surface area contributed by atoms with Gasteiger partial charge in [-0.15, -0.1) is 0 Å². The smallest absolute Gasteiger partial charge is 0.294 e. The van der Waals surface area contributed by atoms with Crippen LogP contribution in [0.1, 0.15) is 44.6 Å². The minimum atomic E-state index is -4.02. The first kappa shape index (κ1) is 25.0. The maximum atomic E-state index is 10.5. The molecule has 0 amide bonds. The lowest BCUT2D eigenvalue weighted by Crippen LogP contribution is -2.35. The first-order chi connectivity index (χ1) is 11.6. The van der Waals surface area contributed by atoms with Gasteiger partial charge in [0, 0.05) is 6.54 Å². The molecule has 152 valence electrons. The van der Waals surface area contributed by atoms with Gasteiger partial charge < -0.3 is 15.5 Å². The van der Waals surface area contributed by atoms with Crippen molar-refractivity contribution >= 4 is 10.1 Å². The van der Waals surface area contributed by atoms with E-state index < -0.39 is 10.1 Å². The molecule has 0 saturated heterocycles. The van der Waals surface area contributed by atoms with E-state index >= 15 is 0 Å². The van der Waals surface area contributed by atoms with Crippen LogP contribution in [0.15, 0.2) is 29.2 Å². The van der Waals surface area contributed by atoms with E-state index in [0.29, 0.717) is 11.8 Å². The molecule has 0 radical (unpaired) electrons. The zero-order chi connectivity index (χ0) is 19.0. The molecule has 26 heavy (non-hydrogen) atoms. The summed E-state index contributed by atoms with van der Waals surface area (Å²) in [7, 11) is 0.127. The molecule has 1 aliphatic carbocycles. The van der Waals surface area contributed by atoms with E-state index in [9.17, 15) is 13.5 Å². The van der Waals surface area contributed by atoms with Crippen LogP contribution >= 0.6 is 0 Å². The molecule has 0 bridgehead atoms. The highest BCUT2D eigenvalue weighted by Gasteiger charge is 2.26. The average molecular weight is 390 g/mol. The highest BCUT2D eigenvalue weighted by atomic mass is 32.2. The molecule has 1 aliphatic rings. The van der Waals surface area contributed by atoms with E-state index in [4.69, 9.17) is 4.55 Å². The molecule has 0 heterocycles. The fourth-order valence-electron chi connectivity index (χ4n) is 3.33. The van der Waals surface area contributed by atoms with Crippen LogP contribution in [0, 0.1) is 18.8 Å². The van der Waals surface area contributed by atoms with Gasteiger partial charge in [-0.2, -0.15) is 8.42 Å². The van der Waals surface area contributed by atoms with E-state index in [1.165, 1.54) is 44.2 Å². The summed E-state index contributed by atoms with van der Waals surface area (Å²) in [6, 6.07) is 5.99. The quantitative estimate of drug-likeness (QED) is 0.752. The van der Waals surface area contributed by atoms with Gasteiger partial charge in [0.15, 0.2) is 0 Å². The molecule has 0 spiro atoms. The Hall–Kier alpha value is -0.990. The Morgan fingerprint density at radius 2 is 1.62 bits per heavy atom. The van der Waals surface area contributed by atoms with Crippen molar-refractivity contribution in [2.45, 2.75) is 57.0 Å². The first-order valence-corrected chi connectivity index (χ1v) is 10.4. The van der Waals surface area contributed by atoms with Gasteiger partial charge in [0.1, 0.15) is 0 Å². The molecule has 0 aromatic heterocycles. The lowest BCUT2D eigenvalue weighted by molar-refractivity contribution is 0.0305. The number of rotatable bonds is 5. The van der Waals surface area contributed by atoms with Crippen molar-refractivity contribution < 1.29 is 23.6 Å². The second kappa shape index (κ2) is 11.7. The third-order valence-electron chi connectivity index (χ3n) is 4.69. The van der Waals surface area contributed by atoms with Crippen LogP contribution in [0.2, 0.25) is 0 Å². The number of aliphatic hydroxyl groups excluding tert-OH is 1. The first-order valence-electron chi connectivity index (χ1n) is 8.98. The zero-order valence-electron chi connectivity index (χ0n) is 16.4. The van der Waals surface area contributed by atoms with E-state index in [2.05, 4.69) is 25.9 Å². The van der Waals surface area contributed by atoms with Gasteiger partial charge in [-0.1, -0.05) is 43.9 Å². The monoisotopic (exact) mass is 389 g/mol. The molecule has 2 rings (SSSR count). The number of aliphatic hydroxyl groups is 1. The van der Waals surface area contributed by atoms with Crippen LogP contribution in [-0.4, -0.2) is 55.2 Å². The fraction of sp³-hybridized carbons (Fsp3) is 0.684. The number of nitrogens with zero attached hydrogens (tertiary/aromatic N) is 1. The van der Waals surface area contributed by atoms with Gasteiger partial charge in [-0.3, -0.25) is 4.55 Å². The van der Waals surface area contributed by atoms with Crippen LogP contribution in [0.25, 0.3) is 0 Å². The predicted octanol–water partition coefficient (Wildman–Crippen LogP) is 2.54. The standard InChI is InChI=1S/C12H25NO.C7H8O3S.H2O/c1-10(9-13(2)3)12(14)11-7-5-4-6-8-11;1-6-2-4-7(5-3-6)11(8,9)10;/h10-12,14H,4-9H2,1-3H3;2-5H,1H3,(H,8,9,10);1H2/t10-,12+;;/m1../s1. The van der Waals surface area contributed by atoms with E-state index in [1.807, 2.05) is 6.92 Å². The lowest BCUT2D eigenvalue weighted by atomic mass is 9.81. The maximum absolute atomic E-state index is 10.5. The Balaban J connectivity index is 0.000000475. The molecule has 1 saturated carbocycles. The lowest BCUT2D eigenvalue weighted by Gasteiger charge is -2.31. The highest BCUT2D eigenvalue weighted by molar-refractivity contribution is 7.85. The minimum absolute atomic E-state index is 0. The molecular formula is C19H35NO5S. The molecule has 0 aliphatic heterocycles. The Morgan fingerprint density at radius 1 is 1.12 bits per heavy atom. The summed E-state index contributed by atoms with van der Waals surface area (Å²) in [4.78, 5) is 2.10. The molecular weight excluding hydrogens is 354 g/mol. The largest absolute Gasteiger partial charge is 0.412 e. The summed E-state index contributed by atoms with van der Waals surface area (Å²) in [5, 5.41) is 10.2. The van der Waals surface area contributed by atoms with Gasteiger partial charge in [0.2, 0.25) is 0 Å². The summed E-state index contributed by atoms with van der Waals surface area (Å²) >= 11 is 0. The van der Waals surface area contributed by atoms with Crippen LogP contribution in [-0.2, 0) is 10.1 Å². The van der Waals surface area contributed by atoms with Crippen molar-refractivity contribution in [2.24, 2.45) is 11.8 Å². The second-order valence-corrected chi connectivity index (χ2v) is 8.84. The SMILES string of the molecule is C[C@H](CN(C)C)[C@H](O)C1CCCCC1.Cc1ccc(S(=O)(=O)O)cc1.O. The zero-order valence-corrected chi connectivity index (χ0v) is 17.2. The number of aryl methyl sites for hydroxylation is 1. The molecule has 1 aromatic rings. The Kier molecular flexibility index (Phi) is 11.2. The van der Waals surface area contributed by atoms with Crippen molar-refractivity contribution in [2.75, 3.05) is 20.6 Å². The number of hydrogen-bond acceptors (Lipinski definition) is 4. The van der Waals surface area contributed by atoms with Crippen LogP contribution in [0.4, 0.5) is 0 Å². The second-order valence-electron chi connectivity index (χ2n) is 7.42. The predicted molar refractivity (Wildman–Crippen MR) is 105 cm³/mol. The Bertz CT molecular complexity index is 595. The van der Waals surface area contributed by atoms with Gasteiger partial charge >= 0.3 is 0 Å². The van der Waals surface area contributed by atoms with Crippen molar-refractivity contribution in [1.82, 2.24) is 4.90 Å². The number of benzene rings is 1. The van der Waals surface area contributed by atoms with Crippen molar-refractivity contribution in [3.63, 3.8) is 0 Å². The van der Waals surface area contributed by atoms with Crippen LogP contribution in [0.5, 0.6) is 0 Å². The fourth-order valence-corrected chi connectivity index (χ4v) is 3.81. The van der Waals surface area contributed by atoms with Gasteiger partial charge in [0.25, 0.3) is 10.1 Å². The van der Waals surface area contributed by atoms with E-state index in [1.54, 1.807) is 12.1 Å². The molecule has 2 atom stereocenters. The molecule has 1 fully saturated rings. The van der Waals surface area contributed by atoms with Gasteiger partial charge in [-0.05, 0) is 57.8 Å². The number of hydrogen-bond donors (Lipinski definition) is 2. The summed E-state index contributed by atoms with van der Waals surface area (Å²) < 4.78 is 29.6. The summed E-state index contributed by atoms with van der Waals surface area (Å²) in [6.45, 7) is 5.00. The van der Waals surface area contributed by atoms with Crippen molar-refractivity contribution in [1.29, 1.82) is 0 Å². The van der Waals surface area contributed by atoms with E-state index in [0.717, 1.165) is 12.1 Å². The topological polar surface area (TPSA) is 109 Å². The van der Waals surface area contributed by atoms with Crippen molar-refractivity contribution in [3.05, 3.63) is 29.8 Å². The normalized spacial score (nSPS) is 17.7. The Morgan fingerprint density at radius 3 is 2.04 bits per heavy atom. The van der Waals surface area contributed by atoms with Crippen LogP contribution in [0.3, 0.4) is 0 Å². The third-order valence-corrected chi connectivity index (χ3v) is 5.56. The third kappa shape index (κ3) is 9.09. The summed E-state index contributed by atoms with van der Waals surface area (Å²) in [5.41, 5.74) is 0.956. The summed E-state index contributed by atoms with van der Waals surface area (Å²) in [5.74, 6) is 0.979. The average Bonchev–Trinajstić information content (AvgIpc) is 2.54. The van der Waals surface area contributed by atoms with Gasteiger partial charge in [0.05, 0.1) is 11.0 Å². The maximum Gasteiger partial charge on any atom is 0.294 e.